The van der Waals surface area contributed by atoms with Crippen molar-refractivity contribution in [2.24, 2.45) is 0 Å². The monoisotopic (exact) mass is 292 g/mol. The topological polar surface area (TPSA) is 51.1 Å². The summed E-state index contributed by atoms with van der Waals surface area (Å²) in [5.74, 6) is -0.327. The van der Waals surface area contributed by atoms with Crippen molar-refractivity contribution in [3.63, 3.8) is 0 Å². The van der Waals surface area contributed by atoms with Crippen molar-refractivity contribution >= 4 is 34.3 Å². The molecule has 0 radical (unpaired) electrons. The number of amides is 1. The van der Waals surface area contributed by atoms with Gasteiger partial charge in [0.05, 0.1) is 11.1 Å². The van der Waals surface area contributed by atoms with E-state index in [1.807, 2.05) is 13.8 Å². The van der Waals surface area contributed by atoms with Crippen molar-refractivity contribution in [2.45, 2.75) is 33.2 Å². The minimum Gasteiger partial charge on any atom is -0.350 e. The number of carbonyl (C=O) groups excluding carboxylic acids is 2. The van der Waals surface area contributed by atoms with Crippen LogP contribution in [0.25, 0.3) is 10.9 Å². The van der Waals surface area contributed by atoms with Crippen molar-refractivity contribution < 1.29 is 9.59 Å². The Morgan fingerprint density at radius 3 is 2.70 bits per heavy atom. The van der Waals surface area contributed by atoms with Crippen LogP contribution in [0, 0.1) is 0 Å². The molecule has 0 spiro atoms. The molecule has 5 heteroatoms. The first-order chi connectivity index (χ1) is 9.43. The average molecular weight is 293 g/mol. The van der Waals surface area contributed by atoms with Gasteiger partial charge in [-0.05, 0) is 31.5 Å². The van der Waals surface area contributed by atoms with Crippen molar-refractivity contribution in [3.05, 3.63) is 35.0 Å². The molecule has 0 saturated heterocycles. The lowest BCUT2D eigenvalue weighted by Crippen LogP contribution is -2.31. The molecule has 1 unspecified atom stereocenters. The van der Waals surface area contributed by atoms with Crippen molar-refractivity contribution in [3.8, 4) is 0 Å². The Morgan fingerprint density at radius 1 is 1.40 bits per heavy atom. The van der Waals surface area contributed by atoms with Crippen molar-refractivity contribution in [1.29, 1.82) is 0 Å². The van der Waals surface area contributed by atoms with Crippen LogP contribution in [0.1, 0.15) is 42.3 Å². The fourth-order valence-electron chi connectivity index (χ4n) is 2.05. The molecule has 0 aliphatic heterocycles. The van der Waals surface area contributed by atoms with E-state index in [4.69, 9.17) is 11.6 Å². The lowest BCUT2D eigenvalue weighted by molar-refractivity contribution is 0.0940. The Bertz CT molecular complexity index is 676. The normalized spacial score (nSPS) is 12.4. The molecule has 2 rings (SSSR count). The molecule has 0 aliphatic carbocycles. The van der Waals surface area contributed by atoms with Gasteiger partial charge in [0.25, 0.3) is 5.91 Å². The SMILES string of the molecule is CCC(C)NC(=O)c1cn(C(C)=O)c2ccc(Cl)cc12. The number of carbonyl (C=O) groups is 2. The van der Waals surface area contributed by atoms with E-state index in [1.54, 1.807) is 24.4 Å². The molecule has 1 aromatic heterocycles. The van der Waals surface area contributed by atoms with Crippen LogP contribution in [0.4, 0.5) is 0 Å². The third-order valence-electron chi connectivity index (χ3n) is 3.34. The molecular formula is C15H17ClN2O2. The smallest absolute Gasteiger partial charge is 0.253 e. The zero-order valence-corrected chi connectivity index (χ0v) is 12.5. The lowest BCUT2D eigenvalue weighted by atomic mass is 10.1. The molecule has 1 atom stereocenters. The molecule has 106 valence electrons. The van der Waals surface area contributed by atoms with E-state index in [0.717, 1.165) is 6.42 Å². The van der Waals surface area contributed by atoms with Crippen molar-refractivity contribution in [2.75, 3.05) is 0 Å². The number of hydrogen-bond acceptors (Lipinski definition) is 2. The van der Waals surface area contributed by atoms with E-state index < -0.39 is 0 Å². The first-order valence-corrected chi connectivity index (χ1v) is 6.94. The second kappa shape index (κ2) is 5.67. The van der Waals surface area contributed by atoms with Gasteiger partial charge in [0.15, 0.2) is 0 Å². The zero-order chi connectivity index (χ0) is 14.9. The number of benzene rings is 1. The number of halogens is 1. The molecule has 1 N–H and O–H groups in total. The Hall–Kier alpha value is -1.81. The van der Waals surface area contributed by atoms with E-state index in [0.29, 0.717) is 21.5 Å². The summed E-state index contributed by atoms with van der Waals surface area (Å²) in [6, 6.07) is 5.25. The van der Waals surface area contributed by atoms with Crippen LogP contribution in [-0.2, 0) is 0 Å². The summed E-state index contributed by atoms with van der Waals surface area (Å²) in [4.78, 5) is 24.0. The molecule has 0 aliphatic rings. The highest BCUT2D eigenvalue weighted by atomic mass is 35.5. The van der Waals surface area contributed by atoms with Crippen LogP contribution in [0.5, 0.6) is 0 Å². The molecule has 20 heavy (non-hydrogen) atoms. The van der Waals surface area contributed by atoms with Gasteiger partial charge < -0.3 is 5.32 Å². The maximum absolute atomic E-state index is 12.3. The zero-order valence-electron chi connectivity index (χ0n) is 11.7. The molecule has 0 bridgehead atoms. The predicted molar refractivity (Wildman–Crippen MR) is 80.5 cm³/mol. The summed E-state index contributed by atoms with van der Waals surface area (Å²) >= 11 is 5.99. The second-order valence-electron chi connectivity index (χ2n) is 4.88. The molecule has 4 nitrogen and oxygen atoms in total. The van der Waals surface area contributed by atoms with Crippen LogP contribution in [0.3, 0.4) is 0 Å². The van der Waals surface area contributed by atoms with E-state index in [9.17, 15) is 9.59 Å². The van der Waals surface area contributed by atoms with Gasteiger partial charge in [-0.1, -0.05) is 18.5 Å². The van der Waals surface area contributed by atoms with Gasteiger partial charge >= 0.3 is 0 Å². The van der Waals surface area contributed by atoms with E-state index in [-0.39, 0.29) is 17.9 Å². The van der Waals surface area contributed by atoms with E-state index >= 15 is 0 Å². The van der Waals surface area contributed by atoms with Crippen molar-refractivity contribution in [1.82, 2.24) is 9.88 Å². The Morgan fingerprint density at radius 2 is 2.10 bits per heavy atom. The first kappa shape index (κ1) is 14.6. The van der Waals surface area contributed by atoms with Crippen LogP contribution in [0.15, 0.2) is 24.4 Å². The molecule has 2 aromatic rings. The molecule has 0 saturated carbocycles. The summed E-state index contributed by atoms with van der Waals surface area (Å²) in [7, 11) is 0. The minimum atomic E-state index is -0.188. The van der Waals surface area contributed by atoms with Gasteiger partial charge in [-0.15, -0.1) is 0 Å². The third-order valence-corrected chi connectivity index (χ3v) is 3.58. The summed E-state index contributed by atoms with van der Waals surface area (Å²) in [5.41, 5.74) is 1.16. The number of nitrogens with one attached hydrogen (secondary N) is 1. The highest BCUT2D eigenvalue weighted by Crippen LogP contribution is 2.25. The van der Waals surface area contributed by atoms with Gasteiger partial charge in [-0.2, -0.15) is 0 Å². The van der Waals surface area contributed by atoms with Gasteiger partial charge in [0, 0.05) is 29.6 Å². The van der Waals surface area contributed by atoms with Gasteiger partial charge in [-0.25, -0.2) is 0 Å². The fraction of sp³-hybridized carbons (Fsp3) is 0.333. The first-order valence-electron chi connectivity index (χ1n) is 6.56. The molecule has 0 fully saturated rings. The lowest BCUT2D eigenvalue weighted by Gasteiger charge is -2.10. The van der Waals surface area contributed by atoms with Crippen LogP contribution in [-0.4, -0.2) is 22.4 Å². The summed E-state index contributed by atoms with van der Waals surface area (Å²) in [6.45, 7) is 5.40. The number of hydrogen-bond donors (Lipinski definition) is 1. The molecule has 1 aromatic carbocycles. The number of nitrogens with zero attached hydrogens (tertiary/aromatic N) is 1. The average Bonchev–Trinajstić information content (AvgIpc) is 2.77. The second-order valence-corrected chi connectivity index (χ2v) is 5.31. The number of fused-ring (bicyclic) bond motifs is 1. The largest absolute Gasteiger partial charge is 0.350 e. The Labute approximate surface area is 122 Å². The summed E-state index contributed by atoms with van der Waals surface area (Å²) in [6.07, 6.45) is 2.42. The summed E-state index contributed by atoms with van der Waals surface area (Å²) < 4.78 is 1.47. The summed E-state index contributed by atoms with van der Waals surface area (Å²) in [5, 5.41) is 4.13. The van der Waals surface area contributed by atoms with Gasteiger partial charge in [-0.3, -0.25) is 14.2 Å². The fourth-order valence-corrected chi connectivity index (χ4v) is 2.22. The number of aromatic nitrogens is 1. The Balaban J connectivity index is 2.55. The maximum atomic E-state index is 12.3. The van der Waals surface area contributed by atoms with Crippen LogP contribution in [0.2, 0.25) is 5.02 Å². The molecule has 1 heterocycles. The third kappa shape index (κ3) is 2.70. The van der Waals surface area contributed by atoms with Gasteiger partial charge in [0.2, 0.25) is 5.91 Å². The minimum absolute atomic E-state index is 0.0809. The highest BCUT2D eigenvalue weighted by Gasteiger charge is 2.18. The number of rotatable bonds is 3. The molecular weight excluding hydrogens is 276 g/mol. The quantitative estimate of drug-likeness (QED) is 0.941. The maximum Gasteiger partial charge on any atom is 0.253 e. The predicted octanol–water partition coefficient (Wildman–Crippen LogP) is 3.48. The van der Waals surface area contributed by atoms with Crippen LogP contribution >= 0.6 is 11.6 Å². The highest BCUT2D eigenvalue weighted by molar-refractivity contribution is 6.31. The standard InChI is InChI=1S/C15H17ClN2O2/c1-4-9(2)17-15(20)13-8-18(10(3)19)14-6-5-11(16)7-12(13)14/h5-9H,4H2,1-3H3,(H,17,20). The molecule has 1 amide bonds. The van der Waals surface area contributed by atoms with Crippen LogP contribution < -0.4 is 5.32 Å². The van der Waals surface area contributed by atoms with E-state index in [1.165, 1.54) is 11.5 Å². The van der Waals surface area contributed by atoms with Gasteiger partial charge in [0.1, 0.15) is 0 Å². The van der Waals surface area contributed by atoms with E-state index in [2.05, 4.69) is 5.32 Å². The Kier molecular flexibility index (Phi) is 4.14.